The molecule has 3 rings (SSSR count). The normalized spacial score (nSPS) is 18.2. The second kappa shape index (κ2) is 5.59. The summed E-state index contributed by atoms with van der Waals surface area (Å²) in [5.41, 5.74) is 2.08. The Balaban J connectivity index is 1.69. The van der Waals surface area contributed by atoms with E-state index < -0.39 is 0 Å². The van der Waals surface area contributed by atoms with Crippen molar-refractivity contribution in [3.63, 3.8) is 0 Å². The van der Waals surface area contributed by atoms with Gasteiger partial charge in [0.15, 0.2) is 5.65 Å². The predicted octanol–water partition coefficient (Wildman–Crippen LogP) is 3.16. The number of hydrogen-bond acceptors (Lipinski definition) is 3. The molecule has 1 aliphatic carbocycles. The first-order valence-corrected chi connectivity index (χ1v) is 7.74. The lowest BCUT2D eigenvalue weighted by atomic mass is 10.00. The Hall–Kier alpha value is -0.940. The van der Waals surface area contributed by atoms with Crippen molar-refractivity contribution in [1.29, 1.82) is 0 Å². The number of nitrogens with zero attached hydrogens (tertiary/aromatic N) is 3. The predicted molar refractivity (Wildman–Crippen MR) is 78.9 cm³/mol. The van der Waals surface area contributed by atoms with E-state index in [-0.39, 0.29) is 0 Å². The molecule has 102 valence electrons. The standard InChI is InChI=1S/C14H19BrN4/c1-10(11-4-2-3-5-11)16-6-12-7-18-14-8-17-13(15)9-19(12)14/h7-11,16H,2-6H2,1H3/t10-/m1/s1. The molecule has 0 amide bonds. The van der Waals surface area contributed by atoms with Crippen LogP contribution in [0.25, 0.3) is 5.65 Å². The SMILES string of the molecule is C[C@@H](NCc1cnc2cnc(Br)cn12)C1CCCC1. The van der Waals surface area contributed by atoms with Crippen LogP contribution in [0, 0.1) is 5.92 Å². The maximum absolute atomic E-state index is 4.37. The Morgan fingerprint density at radius 1 is 1.37 bits per heavy atom. The van der Waals surface area contributed by atoms with Crippen molar-refractivity contribution in [3.05, 3.63) is 28.9 Å². The lowest BCUT2D eigenvalue weighted by Crippen LogP contribution is -2.32. The number of rotatable bonds is 4. The summed E-state index contributed by atoms with van der Waals surface area (Å²) < 4.78 is 2.92. The number of aromatic nitrogens is 3. The molecule has 2 aromatic heterocycles. The van der Waals surface area contributed by atoms with Gasteiger partial charge in [-0.2, -0.15) is 0 Å². The van der Waals surface area contributed by atoms with Crippen molar-refractivity contribution in [3.8, 4) is 0 Å². The maximum atomic E-state index is 4.37. The van der Waals surface area contributed by atoms with Gasteiger partial charge in [-0.3, -0.25) is 4.40 Å². The van der Waals surface area contributed by atoms with Crippen LogP contribution < -0.4 is 5.32 Å². The first kappa shape index (κ1) is 13.1. The molecule has 5 heteroatoms. The molecule has 19 heavy (non-hydrogen) atoms. The smallest absolute Gasteiger partial charge is 0.155 e. The Morgan fingerprint density at radius 3 is 2.95 bits per heavy atom. The van der Waals surface area contributed by atoms with Crippen molar-refractivity contribution in [2.75, 3.05) is 0 Å². The Labute approximate surface area is 121 Å². The highest BCUT2D eigenvalue weighted by Crippen LogP contribution is 2.27. The highest BCUT2D eigenvalue weighted by atomic mass is 79.9. The molecule has 0 aromatic carbocycles. The number of nitrogens with one attached hydrogen (secondary N) is 1. The summed E-state index contributed by atoms with van der Waals surface area (Å²) in [6.07, 6.45) is 11.2. The van der Waals surface area contributed by atoms with E-state index in [0.29, 0.717) is 6.04 Å². The molecule has 1 fully saturated rings. The van der Waals surface area contributed by atoms with E-state index in [1.807, 2.05) is 12.4 Å². The average molecular weight is 323 g/mol. The Morgan fingerprint density at radius 2 is 2.16 bits per heavy atom. The number of fused-ring (bicyclic) bond motifs is 1. The third-order valence-electron chi connectivity index (χ3n) is 4.15. The molecule has 1 aliphatic rings. The van der Waals surface area contributed by atoms with Gasteiger partial charge in [0.2, 0.25) is 0 Å². The Kier molecular flexibility index (Phi) is 3.84. The minimum Gasteiger partial charge on any atom is -0.308 e. The summed E-state index contributed by atoms with van der Waals surface area (Å²) in [6.45, 7) is 3.16. The largest absolute Gasteiger partial charge is 0.308 e. The molecule has 1 atom stereocenters. The molecule has 0 spiro atoms. The van der Waals surface area contributed by atoms with Gasteiger partial charge in [0.25, 0.3) is 0 Å². The zero-order valence-corrected chi connectivity index (χ0v) is 12.7. The molecule has 2 aromatic rings. The van der Waals surface area contributed by atoms with Crippen LogP contribution in [-0.4, -0.2) is 20.4 Å². The fourth-order valence-corrected chi connectivity index (χ4v) is 3.24. The monoisotopic (exact) mass is 322 g/mol. The van der Waals surface area contributed by atoms with Gasteiger partial charge in [0, 0.05) is 18.8 Å². The minimum atomic E-state index is 0.582. The van der Waals surface area contributed by atoms with Crippen LogP contribution in [0.5, 0.6) is 0 Å². The first-order chi connectivity index (χ1) is 9.24. The molecular formula is C14H19BrN4. The minimum absolute atomic E-state index is 0.582. The third kappa shape index (κ3) is 2.82. The van der Waals surface area contributed by atoms with Gasteiger partial charge in [0.1, 0.15) is 4.60 Å². The molecule has 4 nitrogen and oxygen atoms in total. The maximum Gasteiger partial charge on any atom is 0.155 e. The lowest BCUT2D eigenvalue weighted by Gasteiger charge is -2.20. The van der Waals surface area contributed by atoms with Crippen LogP contribution in [0.1, 0.15) is 38.3 Å². The molecule has 0 aliphatic heterocycles. The fraction of sp³-hybridized carbons (Fsp3) is 0.571. The van der Waals surface area contributed by atoms with Crippen molar-refractivity contribution < 1.29 is 0 Å². The van der Waals surface area contributed by atoms with E-state index in [1.54, 1.807) is 6.20 Å². The van der Waals surface area contributed by atoms with Crippen molar-refractivity contribution in [1.82, 2.24) is 19.7 Å². The fourth-order valence-electron chi connectivity index (χ4n) is 2.94. The molecule has 1 N–H and O–H groups in total. The van der Waals surface area contributed by atoms with Gasteiger partial charge in [-0.25, -0.2) is 9.97 Å². The Bertz CT molecular complexity index is 560. The van der Waals surface area contributed by atoms with Crippen LogP contribution in [0.4, 0.5) is 0 Å². The topological polar surface area (TPSA) is 42.2 Å². The van der Waals surface area contributed by atoms with Crippen molar-refractivity contribution >= 4 is 21.6 Å². The van der Waals surface area contributed by atoms with Crippen LogP contribution in [0.3, 0.4) is 0 Å². The van der Waals surface area contributed by atoms with E-state index >= 15 is 0 Å². The second-order valence-electron chi connectivity index (χ2n) is 5.40. The van der Waals surface area contributed by atoms with Crippen LogP contribution in [0.15, 0.2) is 23.2 Å². The van der Waals surface area contributed by atoms with Gasteiger partial charge >= 0.3 is 0 Å². The number of halogens is 1. The lowest BCUT2D eigenvalue weighted by molar-refractivity contribution is 0.378. The number of hydrogen-bond donors (Lipinski definition) is 1. The quantitative estimate of drug-likeness (QED) is 0.940. The summed E-state index contributed by atoms with van der Waals surface area (Å²) in [6, 6.07) is 0.582. The average Bonchev–Trinajstić information content (AvgIpc) is 3.05. The van der Waals surface area contributed by atoms with E-state index in [9.17, 15) is 0 Å². The third-order valence-corrected chi connectivity index (χ3v) is 4.56. The highest BCUT2D eigenvalue weighted by Gasteiger charge is 2.21. The zero-order chi connectivity index (χ0) is 13.2. The van der Waals surface area contributed by atoms with Gasteiger partial charge in [-0.1, -0.05) is 12.8 Å². The van der Waals surface area contributed by atoms with Gasteiger partial charge in [-0.15, -0.1) is 0 Å². The number of imidazole rings is 1. The molecule has 2 heterocycles. The summed E-state index contributed by atoms with van der Waals surface area (Å²) in [7, 11) is 0. The van der Waals surface area contributed by atoms with Crippen molar-refractivity contribution in [2.45, 2.75) is 45.2 Å². The van der Waals surface area contributed by atoms with E-state index in [1.165, 1.54) is 31.4 Å². The van der Waals surface area contributed by atoms with E-state index in [0.717, 1.165) is 22.7 Å². The first-order valence-electron chi connectivity index (χ1n) is 6.95. The molecular weight excluding hydrogens is 304 g/mol. The van der Waals surface area contributed by atoms with Gasteiger partial charge in [0.05, 0.1) is 18.1 Å². The van der Waals surface area contributed by atoms with Crippen molar-refractivity contribution in [2.24, 2.45) is 5.92 Å². The van der Waals surface area contributed by atoms with E-state index in [2.05, 4.69) is 42.5 Å². The molecule has 0 saturated heterocycles. The van der Waals surface area contributed by atoms with Gasteiger partial charge in [-0.05, 0) is 41.6 Å². The van der Waals surface area contributed by atoms with Crippen LogP contribution in [0.2, 0.25) is 0 Å². The summed E-state index contributed by atoms with van der Waals surface area (Å²) in [5, 5.41) is 3.64. The summed E-state index contributed by atoms with van der Waals surface area (Å²) in [4.78, 5) is 8.57. The molecule has 0 bridgehead atoms. The molecule has 0 radical (unpaired) electrons. The summed E-state index contributed by atoms with van der Waals surface area (Å²) in [5.74, 6) is 0.840. The van der Waals surface area contributed by atoms with Gasteiger partial charge < -0.3 is 5.32 Å². The molecule has 0 unspecified atom stereocenters. The summed E-state index contributed by atoms with van der Waals surface area (Å²) >= 11 is 3.41. The molecule has 1 saturated carbocycles. The van der Waals surface area contributed by atoms with Crippen LogP contribution >= 0.6 is 15.9 Å². The highest BCUT2D eigenvalue weighted by molar-refractivity contribution is 9.10. The van der Waals surface area contributed by atoms with E-state index in [4.69, 9.17) is 0 Å². The second-order valence-corrected chi connectivity index (χ2v) is 6.21. The van der Waals surface area contributed by atoms with Crippen LogP contribution in [-0.2, 0) is 6.54 Å². The zero-order valence-electron chi connectivity index (χ0n) is 11.1.